The van der Waals surface area contributed by atoms with Crippen LogP contribution in [0.1, 0.15) is 10.4 Å². The topological polar surface area (TPSA) is 47.8 Å². The molecular weight excluding hydrogens is 294 g/mol. The molecule has 0 amide bonds. The van der Waals surface area contributed by atoms with Gasteiger partial charge >= 0.3 is 0 Å². The van der Waals surface area contributed by atoms with Gasteiger partial charge in [0.25, 0.3) is 0 Å². The number of ketones is 1. The molecule has 0 bridgehead atoms. The fourth-order valence-corrected chi connectivity index (χ4v) is 2.92. The molecule has 1 heterocycles. The van der Waals surface area contributed by atoms with Crippen LogP contribution < -0.4 is 0 Å². The quantitative estimate of drug-likeness (QED) is 0.535. The highest BCUT2D eigenvalue weighted by atomic mass is 32.2. The van der Waals surface area contributed by atoms with Crippen molar-refractivity contribution in [3.05, 3.63) is 66.2 Å². The summed E-state index contributed by atoms with van der Waals surface area (Å²) >= 11 is 1.41. The van der Waals surface area contributed by atoms with Crippen molar-refractivity contribution in [2.75, 3.05) is 5.75 Å². The second-order valence-corrected chi connectivity index (χ2v) is 5.75. The lowest BCUT2D eigenvalue weighted by Crippen LogP contribution is -2.03. The number of Topliss-reactive ketones (excluding diaryl/α,β-unsaturated/α-hetero) is 1. The fraction of sp³-hybridized carbons (Fsp3) is 0.118. The Labute approximate surface area is 133 Å². The highest BCUT2D eigenvalue weighted by Gasteiger charge is 2.13. The van der Waals surface area contributed by atoms with Crippen LogP contribution in [0.15, 0.2) is 65.8 Å². The van der Waals surface area contributed by atoms with Gasteiger partial charge in [-0.25, -0.2) is 0 Å². The van der Waals surface area contributed by atoms with Crippen molar-refractivity contribution >= 4 is 17.5 Å². The molecule has 0 aliphatic rings. The van der Waals surface area contributed by atoms with Crippen molar-refractivity contribution in [3.8, 4) is 11.4 Å². The summed E-state index contributed by atoms with van der Waals surface area (Å²) in [6.45, 7) is 0. The molecule has 0 saturated carbocycles. The minimum absolute atomic E-state index is 0.0925. The van der Waals surface area contributed by atoms with E-state index in [-0.39, 0.29) is 5.78 Å². The maximum Gasteiger partial charge on any atom is 0.191 e. The van der Waals surface area contributed by atoms with Gasteiger partial charge < -0.3 is 4.57 Å². The van der Waals surface area contributed by atoms with Gasteiger partial charge in [-0.15, -0.1) is 10.2 Å². The summed E-state index contributed by atoms with van der Waals surface area (Å²) in [5.74, 6) is 1.25. The summed E-state index contributed by atoms with van der Waals surface area (Å²) in [7, 11) is 1.91. The first kappa shape index (κ1) is 14.5. The third-order valence-corrected chi connectivity index (χ3v) is 4.32. The Bertz CT molecular complexity index is 769. The Morgan fingerprint density at radius 1 is 1.00 bits per heavy atom. The Kier molecular flexibility index (Phi) is 4.34. The van der Waals surface area contributed by atoms with Gasteiger partial charge in [0.1, 0.15) is 0 Å². The minimum atomic E-state index is 0.0925. The summed E-state index contributed by atoms with van der Waals surface area (Å²) in [6.07, 6.45) is 0. The Hall–Kier alpha value is -2.40. The lowest BCUT2D eigenvalue weighted by atomic mass is 10.2. The molecule has 0 aliphatic carbocycles. The molecule has 110 valence electrons. The molecule has 0 aliphatic heterocycles. The van der Waals surface area contributed by atoms with E-state index in [0.29, 0.717) is 5.75 Å². The predicted molar refractivity (Wildman–Crippen MR) is 87.9 cm³/mol. The second-order valence-electron chi connectivity index (χ2n) is 4.81. The number of benzene rings is 2. The van der Waals surface area contributed by atoms with Crippen molar-refractivity contribution < 1.29 is 4.79 Å². The normalized spacial score (nSPS) is 10.6. The van der Waals surface area contributed by atoms with Crippen LogP contribution in [-0.4, -0.2) is 26.3 Å². The molecule has 5 heteroatoms. The molecule has 0 atom stereocenters. The van der Waals surface area contributed by atoms with E-state index in [2.05, 4.69) is 10.2 Å². The highest BCUT2D eigenvalue weighted by molar-refractivity contribution is 7.99. The van der Waals surface area contributed by atoms with Crippen LogP contribution in [-0.2, 0) is 7.05 Å². The standard InChI is InChI=1S/C17H15N3OS/c1-20-16(14-10-6-3-7-11-14)18-19-17(20)22-12-15(21)13-8-4-2-5-9-13/h2-11H,12H2,1H3. The minimum Gasteiger partial charge on any atom is -0.305 e. The van der Waals surface area contributed by atoms with Crippen molar-refractivity contribution in [3.63, 3.8) is 0 Å². The number of thioether (sulfide) groups is 1. The van der Waals surface area contributed by atoms with Gasteiger partial charge in [-0.1, -0.05) is 72.4 Å². The lowest BCUT2D eigenvalue weighted by Gasteiger charge is -2.03. The van der Waals surface area contributed by atoms with Crippen LogP contribution in [0.2, 0.25) is 0 Å². The molecular formula is C17H15N3OS. The third kappa shape index (κ3) is 3.09. The van der Waals surface area contributed by atoms with Gasteiger partial charge in [0, 0.05) is 18.2 Å². The van der Waals surface area contributed by atoms with Crippen LogP contribution in [0, 0.1) is 0 Å². The molecule has 0 saturated heterocycles. The molecule has 0 fully saturated rings. The summed E-state index contributed by atoms with van der Waals surface area (Å²) < 4.78 is 1.91. The molecule has 3 aromatic rings. The number of rotatable bonds is 5. The van der Waals surface area contributed by atoms with Gasteiger partial charge in [0.05, 0.1) is 5.75 Å². The van der Waals surface area contributed by atoms with Crippen LogP contribution >= 0.6 is 11.8 Å². The van der Waals surface area contributed by atoms with Gasteiger partial charge in [-0.05, 0) is 0 Å². The van der Waals surface area contributed by atoms with Crippen molar-refractivity contribution in [1.82, 2.24) is 14.8 Å². The van der Waals surface area contributed by atoms with Crippen LogP contribution in [0.25, 0.3) is 11.4 Å². The molecule has 4 nitrogen and oxygen atoms in total. The van der Waals surface area contributed by atoms with Gasteiger partial charge in [0.2, 0.25) is 0 Å². The molecule has 0 unspecified atom stereocenters. The summed E-state index contributed by atoms with van der Waals surface area (Å²) in [6, 6.07) is 19.2. The highest BCUT2D eigenvalue weighted by Crippen LogP contribution is 2.22. The van der Waals surface area contributed by atoms with Gasteiger partial charge in [-0.3, -0.25) is 4.79 Å². The number of hydrogen-bond donors (Lipinski definition) is 0. The third-order valence-electron chi connectivity index (χ3n) is 3.30. The zero-order valence-corrected chi connectivity index (χ0v) is 13.0. The molecule has 0 N–H and O–H groups in total. The number of carbonyl (C=O) groups excluding carboxylic acids is 1. The van der Waals surface area contributed by atoms with Crippen molar-refractivity contribution in [2.45, 2.75) is 5.16 Å². The van der Waals surface area contributed by atoms with Gasteiger partial charge in [0.15, 0.2) is 16.8 Å². The Morgan fingerprint density at radius 2 is 1.64 bits per heavy atom. The largest absolute Gasteiger partial charge is 0.305 e. The monoisotopic (exact) mass is 309 g/mol. The fourth-order valence-electron chi connectivity index (χ4n) is 2.12. The maximum atomic E-state index is 12.1. The van der Waals surface area contributed by atoms with Crippen LogP contribution in [0.3, 0.4) is 0 Å². The SMILES string of the molecule is Cn1c(SCC(=O)c2ccccc2)nnc1-c1ccccc1. The van der Waals surface area contributed by atoms with Crippen LogP contribution in [0.4, 0.5) is 0 Å². The molecule has 3 rings (SSSR count). The molecule has 22 heavy (non-hydrogen) atoms. The van der Waals surface area contributed by atoms with E-state index in [1.807, 2.05) is 72.3 Å². The molecule has 0 radical (unpaired) electrons. The summed E-state index contributed by atoms with van der Waals surface area (Å²) in [5, 5.41) is 9.14. The van der Waals surface area contributed by atoms with Crippen molar-refractivity contribution in [2.24, 2.45) is 7.05 Å². The molecule has 0 spiro atoms. The smallest absolute Gasteiger partial charge is 0.191 e. The van der Waals surface area contributed by atoms with Gasteiger partial charge in [-0.2, -0.15) is 0 Å². The first-order valence-electron chi connectivity index (χ1n) is 6.91. The first-order valence-corrected chi connectivity index (χ1v) is 7.90. The van der Waals surface area contributed by atoms with E-state index in [0.717, 1.165) is 22.1 Å². The summed E-state index contributed by atoms with van der Waals surface area (Å²) in [4.78, 5) is 12.1. The Morgan fingerprint density at radius 3 is 2.32 bits per heavy atom. The summed E-state index contributed by atoms with van der Waals surface area (Å²) in [5.41, 5.74) is 1.74. The molecule has 2 aromatic carbocycles. The zero-order chi connectivity index (χ0) is 15.4. The van der Waals surface area contributed by atoms with E-state index in [9.17, 15) is 4.79 Å². The first-order chi connectivity index (χ1) is 10.8. The molecule has 1 aromatic heterocycles. The van der Waals surface area contributed by atoms with E-state index in [1.54, 1.807) is 0 Å². The number of aromatic nitrogens is 3. The van der Waals surface area contributed by atoms with E-state index in [4.69, 9.17) is 0 Å². The Balaban J connectivity index is 1.72. The number of hydrogen-bond acceptors (Lipinski definition) is 4. The van der Waals surface area contributed by atoms with Crippen molar-refractivity contribution in [1.29, 1.82) is 0 Å². The lowest BCUT2D eigenvalue weighted by molar-refractivity contribution is 0.102. The average Bonchev–Trinajstić information content (AvgIpc) is 2.95. The predicted octanol–water partition coefficient (Wildman–Crippen LogP) is 3.46. The number of nitrogens with zero attached hydrogens (tertiary/aromatic N) is 3. The number of carbonyl (C=O) groups is 1. The zero-order valence-electron chi connectivity index (χ0n) is 12.1. The maximum absolute atomic E-state index is 12.1. The second kappa shape index (κ2) is 6.58. The van der Waals surface area contributed by atoms with E-state index in [1.165, 1.54) is 11.8 Å². The van der Waals surface area contributed by atoms with E-state index >= 15 is 0 Å². The van der Waals surface area contributed by atoms with E-state index < -0.39 is 0 Å². The van der Waals surface area contributed by atoms with Crippen LogP contribution in [0.5, 0.6) is 0 Å². The average molecular weight is 309 g/mol.